The number of hydrogen-bond acceptors (Lipinski definition) is 3. The molecule has 1 saturated carbocycles. The molecule has 1 atom stereocenters. The molecule has 3 fully saturated rings. The highest BCUT2D eigenvalue weighted by Crippen LogP contribution is 2.33. The summed E-state index contributed by atoms with van der Waals surface area (Å²) in [4.78, 5) is 32.8. The van der Waals surface area contributed by atoms with Gasteiger partial charge in [-0.05, 0) is 44.4 Å². The number of imidazole rings is 1. The fraction of sp³-hybridized carbons (Fsp3) is 0.750. The quantitative estimate of drug-likeness (QED) is 0.752. The number of aromatic nitrogens is 2. The zero-order chi connectivity index (χ0) is 17.9. The Hall–Kier alpha value is -1.85. The first kappa shape index (κ1) is 17.6. The number of amides is 2. The molecule has 0 bridgehead atoms. The average molecular weight is 358 g/mol. The third-order valence-electron chi connectivity index (χ3n) is 6.03. The van der Waals surface area contributed by atoms with Gasteiger partial charge in [0.2, 0.25) is 11.8 Å². The maximum atomic E-state index is 12.6. The largest absolute Gasteiger partial charge is 0.343 e. The summed E-state index contributed by atoms with van der Waals surface area (Å²) in [6.45, 7) is 4.34. The first-order chi connectivity index (χ1) is 12.7. The molecule has 142 valence electrons. The Morgan fingerprint density at radius 1 is 1.19 bits per heavy atom. The van der Waals surface area contributed by atoms with Crippen molar-refractivity contribution in [3.05, 3.63) is 18.2 Å². The fourth-order valence-electron chi connectivity index (χ4n) is 4.35. The number of hydrogen-bond donors (Lipinski definition) is 0. The van der Waals surface area contributed by atoms with Crippen molar-refractivity contribution in [3.63, 3.8) is 0 Å². The van der Waals surface area contributed by atoms with Gasteiger partial charge in [0.15, 0.2) is 0 Å². The summed E-state index contributed by atoms with van der Waals surface area (Å²) in [6, 6.07) is 0. The van der Waals surface area contributed by atoms with E-state index < -0.39 is 0 Å². The van der Waals surface area contributed by atoms with Gasteiger partial charge in [0.1, 0.15) is 5.82 Å². The van der Waals surface area contributed by atoms with Crippen molar-refractivity contribution in [2.75, 3.05) is 26.2 Å². The first-order valence-corrected chi connectivity index (χ1v) is 10.3. The molecule has 1 unspecified atom stereocenters. The maximum Gasteiger partial charge on any atom is 0.222 e. The highest BCUT2D eigenvalue weighted by Gasteiger charge is 2.29. The van der Waals surface area contributed by atoms with E-state index >= 15 is 0 Å². The molecule has 6 heteroatoms. The molecule has 0 N–H and O–H groups in total. The minimum Gasteiger partial charge on any atom is -0.343 e. The summed E-state index contributed by atoms with van der Waals surface area (Å²) in [6.07, 6.45) is 11.8. The second kappa shape index (κ2) is 7.80. The summed E-state index contributed by atoms with van der Waals surface area (Å²) in [5.41, 5.74) is 0. The van der Waals surface area contributed by atoms with Crippen LogP contribution in [0.4, 0.5) is 0 Å². The number of rotatable bonds is 7. The van der Waals surface area contributed by atoms with Crippen LogP contribution in [0, 0.1) is 5.92 Å². The maximum absolute atomic E-state index is 12.6. The second-order valence-corrected chi connectivity index (χ2v) is 8.15. The molecule has 2 amide bonds. The van der Waals surface area contributed by atoms with Gasteiger partial charge in [0, 0.05) is 63.9 Å². The molecule has 26 heavy (non-hydrogen) atoms. The molecular formula is C20H30N4O2. The van der Waals surface area contributed by atoms with Crippen molar-refractivity contribution in [2.45, 2.75) is 63.8 Å². The lowest BCUT2D eigenvalue weighted by molar-refractivity contribution is -0.133. The van der Waals surface area contributed by atoms with Gasteiger partial charge in [-0.15, -0.1) is 0 Å². The van der Waals surface area contributed by atoms with E-state index in [2.05, 4.69) is 15.7 Å². The summed E-state index contributed by atoms with van der Waals surface area (Å²) in [7, 11) is 0. The van der Waals surface area contributed by atoms with Gasteiger partial charge in [0.05, 0.1) is 0 Å². The van der Waals surface area contributed by atoms with Crippen molar-refractivity contribution < 1.29 is 9.59 Å². The smallest absolute Gasteiger partial charge is 0.222 e. The molecule has 2 aliphatic heterocycles. The van der Waals surface area contributed by atoms with E-state index in [0.29, 0.717) is 18.8 Å². The monoisotopic (exact) mass is 358 g/mol. The predicted octanol–water partition coefficient (Wildman–Crippen LogP) is 2.40. The molecule has 3 aliphatic rings. The van der Waals surface area contributed by atoms with Crippen LogP contribution in [0.5, 0.6) is 0 Å². The van der Waals surface area contributed by atoms with E-state index in [4.69, 9.17) is 0 Å². The summed E-state index contributed by atoms with van der Waals surface area (Å²) in [5, 5.41) is 0. The first-order valence-electron chi connectivity index (χ1n) is 10.3. The third kappa shape index (κ3) is 4.10. The molecule has 0 aromatic carbocycles. The second-order valence-electron chi connectivity index (χ2n) is 8.15. The molecule has 3 heterocycles. The lowest BCUT2D eigenvalue weighted by atomic mass is 9.96. The summed E-state index contributed by atoms with van der Waals surface area (Å²) < 4.78 is 2.31. The van der Waals surface area contributed by atoms with E-state index in [1.807, 2.05) is 16.0 Å². The molecular weight excluding hydrogens is 328 g/mol. The van der Waals surface area contributed by atoms with Gasteiger partial charge in [-0.2, -0.15) is 0 Å². The lowest BCUT2D eigenvalue weighted by Crippen LogP contribution is -2.40. The Bertz CT molecular complexity index is 652. The topological polar surface area (TPSA) is 58.4 Å². The number of carbonyl (C=O) groups is 2. The molecule has 0 spiro atoms. The van der Waals surface area contributed by atoms with Crippen LogP contribution in [0.2, 0.25) is 0 Å². The Labute approximate surface area is 155 Å². The van der Waals surface area contributed by atoms with Crippen LogP contribution in [0.25, 0.3) is 0 Å². The van der Waals surface area contributed by atoms with Gasteiger partial charge in [-0.3, -0.25) is 9.59 Å². The zero-order valence-electron chi connectivity index (χ0n) is 15.6. The van der Waals surface area contributed by atoms with E-state index in [9.17, 15) is 9.59 Å². The van der Waals surface area contributed by atoms with E-state index in [1.54, 1.807) is 0 Å². The number of nitrogens with zero attached hydrogens (tertiary/aromatic N) is 4. The van der Waals surface area contributed by atoms with Crippen LogP contribution < -0.4 is 0 Å². The molecule has 4 rings (SSSR count). The zero-order valence-corrected chi connectivity index (χ0v) is 15.6. The highest BCUT2D eigenvalue weighted by molar-refractivity contribution is 5.78. The molecule has 6 nitrogen and oxygen atoms in total. The van der Waals surface area contributed by atoms with Gasteiger partial charge in [-0.1, -0.05) is 0 Å². The van der Waals surface area contributed by atoms with Gasteiger partial charge < -0.3 is 14.4 Å². The average Bonchev–Trinajstić information content (AvgIpc) is 3.18. The Morgan fingerprint density at radius 2 is 2.08 bits per heavy atom. The van der Waals surface area contributed by atoms with Crippen LogP contribution in [-0.2, 0) is 16.1 Å². The van der Waals surface area contributed by atoms with Crippen LogP contribution in [0.3, 0.4) is 0 Å². The van der Waals surface area contributed by atoms with E-state index in [0.717, 1.165) is 70.1 Å². The van der Waals surface area contributed by atoms with Crippen molar-refractivity contribution in [3.8, 4) is 0 Å². The van der Waals surface area contributed by atoms with Gasteiger partial charge in [-0.25, -0.2) is 4.98 Å². The van der Waals surface area contributed by atoms with Crippen molar-refractivity contribution >= 4 is 11.8 Å². The van der Waals surface area contributed by atoms with Crippen LogP contribution in [-0.4, -0.2) is 57.3 Å². The number of piperidine rings is 1. The van der Waals surface area contributed by atoms with Crippen molar-refractivity contribution in [2.24, 2.45) is 5.92 Å². The Kier molecular flexibility index (Phi) is 5.27. The van der Waals surface area contributed by atoms with Crippen LogP contribution >= 0.6 is 0 Å². The molecule has 1 aromatic rings. The molecule has 2 saturated heterocycles. The standard InChI is InChI=1S/C20H30N4O2/c25-18-5-2-10-22(18)11-3-6-19(26)23-12-1-4-17(15-23)20-21-9-13-24(20)14-16-7-8-16/h9,13,16-17H,1-8,10-12,14-15H2. The van der Waals surface area contributed by atoms with Crippen molar-refractivity contribution in [1.29, 1.82) is 0 Å². The SMILES string of the molecule is O=C1CCCN1CCCC(=O)N1CCCC(c2nccn2CC2CC2)C1. The van der Waals surface area contributed by atoms with E-state index in [-0.39, 0.29) is 11.8 Å². The van der Waals surface area contributed by atoms with Crippen molar-refractivity contribution in [1.82, 2.24) is 19.4 Å². The normalized spacial score (nSPS) is 23.7. The van der Waals surface area contributed by atoms with Crippen LogP contribution in [0.1, 0.15) is 63.1 Å². The van der Waals surface area contributed by atoms with Crippen LogP contribution in [0.15, 0.2) is 12.4 Å². The summed E-state index contributed by atoms with van der Waals surface area (Å²) >= 11 is 0. The van der Waals surface area contributed by atoms with E-state index in [1.165, 1.54) is 12.8 Å². The lowest BCUT2D eigenvalue weighted by Gasteiger charge is -2.33. The molecule has 0 radical (unpaired) electrons. The summed E-state index contributed by atoms with van der Waals surface area (Å²) in [5.74, 6) is 2.84. The minimum absolute atomic E-state index is 0.238. The number of likely N-dealkylation sites (tertiary alicyclic amines) is 2. The minimum atomic E-state index is 0.238. The van der Waals surface area contributed by atoms with Gasteiger partial charge >= 0.3 is 0 Å². The Morgan fingerprint density at radius 3 is 2.85 bits per heavy atom. The fourth-order valence-corrected chi connectivity index (χ4v) is 4.35. The highest BCUT2D eigenvalue weighted by atomic mass is 16.2. The third-order valence-corrected chi connectivity index (χ3v) is 6.03. The Balaban J connectivity index is 1.28. The molecule has 1 aliphatic carbocycles. The molecule has 1 aromatic heterocycles. The van der Waals surface area contributed by atoms with Gasteiger partial charge in [0.25, 0.3) is 0 Å². The predicted molar refractivity (Wildman–Crippen MR) is 98.6 cm³/mol. The number of carbonyl (C=O) groups excluding carboxylic acids is 2.